The molecule has 0 aliphatic heterocycles. The van der Waals surface area contributed by atoms with Crippen molar-refractivity contribution >= 4 is 33.4 Å². The van der Waals surface area contributed by atoms with Crippen LogP contribution in [0.25, 0.3) is 0 Å². The number of nitrogens with one attached hydrogen (secondary N) is 1. The smallest absolute Gasteiger partial charge is 0.251 e. The molecule has 1 amide bonds. The van der Waals surface area contributed by atoms with E-state index in [0.717, 1.165) is 0 Å². The number of aliphatic hydroxyl groups is 2. The molecule has 0 atom stereocenters. The van der Waals surface area contributed by atoms with Gasteiger partial charge in [-0.05, 0) is 40.5 Å². The van der Waals surface area contributed by atoms with Crippen LogP contribution >= 0.6 is 27.5 Å². The molecule has 6 heteroatoms. The minimum atomic E-state index is -1.00. The van der Waals surface area contributed by atoms with Crippen LogP contribution in [0.5, 0.6) is 0 Å². The molecule has 0 spiro atoms. The number of benzene rings is 1. The molecule has 0 saturated heterocycles. The molecule has 0 aromatic heterocycles. The van der Waals surface area contributed by atoms with Gasteiger partial charge in [0.25, 0.3) is 5.91 Å². The van der Waals surface area contributed by atoms with Crippen LogP contribution in [-0.4, -0.2) is 34.9 Å². The van der Waals surface area contributed by atoms with E-state index in [1.165, 1.54) is 6.07 Å². The third-order valence-electron chi connectivity index (χ3n) is 2.84. The molecule has 1 rings (SSSR count). The molecule has 100 valence electrons. The monoisotopic (exact) mass is 335 g/mol. The topological polar surface area (TPSA) is 69.6 Å². The summed E-state index contributed by atoms with van der Waals surface area (Å²) in [5, 5.41) is 21.6. The Kier molecular flexibility index (Phi) is 5.59. The summed E-state index contributed by atoms with van der Waals surface area (Å²) < 4.78 is 0.701. The van der Waals surface area contributed by atoms with Gasteiger partial charge in [0.15, 0.2) is 0 Å². The van der Waals surface area contributed by atoms with Crippen LogP contribution in [0.15, 0.2) is 22.7 Å². The first-order valence-electron chi connectivity index (χ1n) is 5.47. The summed E-state index contributed by atoms with van der Waals surface area (Å²) in [6.07, 6.45) is 0.427. The van der Waals surface area contributed by atoms with Gasteiger partial charge in [0, 0.05) is 10.0 Å². The van der Waals surface area contributed by atoms with Gasteiger partial charge in [-0.15, -0.1) is 0 Å². The van der Waals surface area contributed by atoms with Gasteiger partial charge in [-0.3, -0.25) is 4.79 Å². The van der Waals surface area contributed by atoms with Crippen molar-refractivity contribution in [1.29, 1.82) is 0 Å². The number of carbonyl (C=O) groups excluding carboxylic acids is 1. The maximum absolute atomic E-state index is 12.0. The number of halogens is 2. The molecule has 0 radical (unpaired) electrons. The van der Waals surface area contributed by atoms with Gasteiger partial charge in [0.05, 0.1) is 23.8 Å². The average molecular weight is 337 g/mol. The van der Waals surface area contributed by atoms with Crippen LogP contribution in [0.2, 0.25) is 5.02 Å². The second kappa shape index (κ2) is 6.52. The van der Waals surface area contributed by atoms with E-state index >= 15 is 0 Å². The van der Waals surface area contributed by atoms with Gasteiger partial charge in [-0.25, -0.2) is 0 Å². The van der Waals surface area contributed by atoms with Crippen molar-refractivity contribution in [2.45, 2.75) is 18.9 Å². The highest BCUT2D eigenvalue weighted by Gasteiger charge is 2.28. The van der Waals surface area contributed by atoms with Gasteiger partial charge in [0.1, 0.15) is 0 Å². The van der Waals surface area contributed by atoms with Crippen LogP contribution in [0.3, 0.4) is 0 Å². The SMILES string of the molecule is CCC(CO)(CO)NC(=O)c1ccc(Br)c(Cl)c1. The molecule has 0 saturated carbocycles. The lowest BCUT2D eigenvalue weighted by Crippen LogP contribution is -2.53. The van der Waals surface area contributed by atoms with E-state index in [4.69, 9.17) is 11.6 Å². The first kappa shape index (κ1) is 15.4. The lowest BCUT2D eigenvalue weighted by atomic mass is 9.98. The highest BCUT2D eigenvalue weighted by atomic mass is 79.9. The van der Waals surface area contributed by atoms with Crippen LogP contribution < -0.4 is 5.32 Å². The maximum atomic E-state index is 12.0. The minimum Gasteiger partial charge on any atom is -0.394 e. The zero-order valence-corrected chi connectivity index (χ0v) is 12.3. The Balaban J connectivity index is 2.90. The van der Waals surface area contributed by atoms with Gasteiger partial charge >= 0.3 is 0 Å². The molecule has 0 bridgehead atoms. The average Bonchev–Trinajstić information content (AvgIpc) is 2.39. The van der Waals surface area contributed by atoms with Crippen LogP contribution in [-0.2, 0) is 0 Å². The molecular weight excluding hydrogens is 321 g/mol. The number of carbonyl (C=O) groups is 1. The second-order valence-corrected chi connectivity index (χ2v) is 5.29. The summed E-state index contributed by atoms with van der Waals surface area (Å²) >= 11 is 9.14. The third-order valence-corrected chi connectivity index (χ3v) is 4.08. The van der Waals surface area contributed by atoms with E-state index in [-0.39, 0.29) is 19.1 Å². The van der Waals surface area contributed by atoms with E-state index in [9.17, 15) is 15.0 Å². The summed E-state index contributed by atoms with van der Waals surface area (Å²) in [5.41, 5.74) is -0.626. The quantitative estimate of drug-likeness (QED) is 0.770. The van der Waals surface area contributed by atoms with Gasteiger partial charge in [-0.1, -0.05) is 18.5 Å². The molecule has 0 heterocycles. The van der Waals surface area contributed by atoms with E-state index in [0.29, 0.717) is 21.5 Å². The number of amides is 1. The largest absolute Gasteiger partial charge is 0.394 e. The molecule has 18 heavy (non-hydrogen) atoms. The Morgan fingerprint density at radius 2 is 2.06 bits per heavy atom. The minimum absolute atomic E-state index is 0.323. The molecule has 3 N–H and O–H groups in total. The van der Waals surface area contributed by atoms with Gasteiger partial charge in [-0.2, -0.15) is 0 Å². The van der Waals surface area contributed by atoms with Crippen molar-refractivity contribution in [3.8, 4) is 0 Å². The van der Waals surface area contributed by atoms with Crippen molar-refractivity contribution in [3.63, 3.8) is 0 Å². The Morgan fingerprint density at radius 3 is 2.50 bits per heavy atom. The van der Waals surface area contributed by atoms with E-state index in [1.54, 1.807) is 19.1 Å². The van der Waals surface area contributed by atoms with Crippen molar-refractivity contribution in [2.75, 3.05) is 13.2 Å². The fraction of sp³-hybridized carbons (Fsp3) is 0.417. The number of rotatable bonds is 5. The van der Waals surface area contributed by atoms with Crippen LogP contribution in [0.1, 0.15) is 23.7 Å². The summed E-state index contributed by atoms with van der Waals surface area (Å²) in [6.45, 7) is 1.13. The van der Waals surface area contributed by atoms with Crippen molar-refractivity contribution in [3.05, 3.63) is 33.3 Å². The summed E-state index contributed by atoms with van der Waals surface area (Å²) in [6, 6.07) is 4.80. The predicted octanol–water partition coefficient (Wildman–Crippen LogP) is 1.97. The standard InChI is InChI=1S/C12H15BrClNO3/c1-2-12(6-16,7-17)15-11(18)8-3-4-9(13)10(14)5-8/h3-5,16-17H,2,6-7H2,1H3,(H,15,18). The highest BCUT2D eigenvalue weighted by Crippen LogP contribution is 2.23. The van der Waals surface area contributed by atoms with E-state index < -0.39 is 5.54 Å². The number of hydrogen-bond acceptors (Lipinski definition) is 3. The zero-order chi connectivity index (χ0) is 13.8. The molecule has 1 aromatic carbocycles. The summed E-state index contributed by atoms with van der Waals surface area (Å²) in [5.74, 6) is -0.380. The lowest BCUT2D eigenvalue weighted by Gasteiger charge is -2.29. The fourth-order valence-electron chi connectivity index (χ4n) is 1.39. The summed E-state index contributed by atoms with van der Waals surface area (Å²) in [4.78, 5) is 12.0. The molecule has 0 aliphatic rings. The van der Waals surface area contributed by atoms with Crippen LogP contribution in [0.4, 0.5) is 0 Å². The lowest BCUT2D eigenvalue weighted by molar-refractivity contribution is 0.0653. The van der Waals surface area contributed by atoms with E-state index in [1.807, 2.05) is 0 Å². The third kappa shape index (κ3) is 3.45. The normalized spacial score (nSPS) is 11.4. The first-order valence-corrected chi connectivity index (χ1v) is 6.64. The molecule has 0 aliphatic carbocycles. The molecule has 0 fully saturated rings. The first-order chi connectivity index (χ1) is 8.48. The summed E-state index contributed by atoms with van der Waals surface area (Å²) in [7, 11) is 0. The number of aliphatic hydroxyl groups excluding tert-OH is 2. The molecule has 4 nitrogen and oxygen atoms in total. The van der Waals surface area contributed by atoms with Crippen molar-refractivity contribution < 1.29 is 15.0 Å². The second-order valence-electron chi connectivity index (χ2n) is 4.03. The molecule has 1 aromatic rings. The van der Waals surface area contributed by atoms with Gasteiger partial charge in [0.2, 0.25) is 0 Å². The highest BCUT2D eigenvalue weighted by molar-refractivity contribution is 9.10. The van der Waals surface area contributed by atoms with Crippen molar-refractivity contribution in [1.82, 2.24) is 5.32 Å². The van der Waals surface area contributed by atoms with E-state index in [2.05, 4.69) is 21.2 Å². The fourth-order valence-corrected chi connectivity index (χ4v) is 1.82. The maximum Gasteiger partial charge on any atom is 0.251 e. The Labute approximate surface area is 119 Å². The molecular formula is C12H15BrClNO3. The molecule has 0 unspecified atom stereocenters. The van der Waals surface area contributed by atoms with Crippen LogP contribution in [0, 0.1) is 0 Å². The Hall–Kier alpha value is -0.620. The Morgan fingerprint density at radius 1 is 1.44 bits per heavy atom. The zero-order valence-electron chi connectivity index (χ0n) is 9.91. The Bertz CT molecular complexity index is 427. The number of hydrogen-bond donors (Lipinski definition) is 3. The predicted molar refractivity (Wildman–Crippen MR) is 73.8 cm³/mol. The van der Waals surface area contributed by atoms with Gasteiger partial charge < -0.3 is 15.5 Å². The van der Waals surface area contributed by atoms with Crippen molar-refractivity contribution in [2.24, 2.45) is 0 Å².